The van der Waals surface area contributed by atoms with Crippen LogP contribution >= 0.6 is 51.6 Å². The monoisotopic (exact) mass is 1590 g/mol. The van der Waals surface area contributed by atoms with E-state index in [4.69, 9.17) is 60.6 Å². The fraction of sp³-hybridized carbons (Fsp3) is 0.157. The molecule has 0 saturated carbocycles. The molecule has 3 N–H and O–H groups in total. The third-order valence-electron chi connectivity index (χ3n) is 9.75. The summed E-state index contributed by atoms with van der Waals surface area (Å²) in [6, 6.07) is 17.2. The topological polar surface area (TPSA) is 285 Å². The molecule has 5 aromatic carbocycles. The summed E-state index contributed by atoms with van der Waals surface area (Å²) in [5.41, 5.74) is 4.09. The third kappa shape index (κ3) is 31.7. The maximum Gasteiger partial charge on any atom is 0.0690 e. The molecule has 10 rings (SSSR count). The molecular weight excluding hydrogens is 1560 g/mol. The van der Waals surface area contributed by atoms with Crippen LogP contribution in [-0.2, 0) is 54.9 Å². The predicted octanol–water partition coefficient (Wildman–Crippen LogP) is 13.7. The number of nitrogens with one attached hydrogen (secondary N) is 1. The number of aryl methyl sites for hydroxylation is 3. The van der Waals surface area contributed by atoms with Gasteiger partial charge in [0.2, 0.25) is 0 Å². The Morgan fingerprint density at radius 2 is 0.681 bits per heavy atom. The smallest absolute Gasteiger partial charge is 0.0690 e. The minimum atomic E-state index is -4.55. The second kappa shape index (κ2) is 37.8. The molecule has 0 saturated heterocycles. The Kier molecular flexibility index (Phi) is 32.7. The Bertz CT molecular complexity index is 3650. The zero-order valence-corrected chi connectivity index (χ0v) is 54.3. The van der Waals surface area contributed by atoms with Crippen molar-refractivity contribution < 1.29 is 94.6 Å². The normalized spacial score (nSPS) is 10.9. The summed E-state index contributed by atoms with van der Waals surface area (Å²) < 4.78 is 192. The van der Waals surface area contributed by atoms with Crippen LogP contribution in [0.3, 0.4) is 0 Å². The van der Waals surface area contributed by atoms with E-state index in [0.29, 0.717) is 32.5 Å². The van der Waals surface area contributed by atoms with E-state index in [1.54, 1.807) is 51.4 Å². The van der Waals surface area contributed by atoms with Gasteiger partial charge in [0.1, 0.15) is 5.75 Å². The number of rotatable bonds is 6. The molecular formula is C51H38BrCl4F15N16O6Sn. The molecule has 0 aliphatic carbocycles. The average molecular weight is 1600 g/mol. The van der Waals surface area contributed by atoms with Gasteiger partial charge in [-0.3, -0.25) is 4.79 Å². The molecule has 0 bridgehead atoms. The molecule has 0 amide bonds. The number of ether oxygens (including phenoxy) is 1. The third-order valence-corrected chi connectivity index (χ3v) is 10.2. The van der Waals surface area contributed by atoms with Crippen LogP contribution in [-0.4, -0.2) is 108 Å². The molecule has 0 unspecified atom stereocenters. The van der Waals surface area contributed by atoms with Gasteiger partial charge in [-0.1, -0.05) is 15.9 Å². The van der Waals surface area contributed by atoms with Crippen LogP contribution in [0.15, 0.2) is 157 Å². The van der Waals surface area contributed by atoms with E-state index in [2.05, 4.69) is 76.9 Å². The minimum Gasteiger partial charge on any atom is -0.198 e. The Hall–Kier alpha value is -8.78. The average Bonchev–Trinajstić information content (AvgIpc) is 1.34. The van der Waals surface area contributed by atoms with Gasteiger partial charge in [0.05, 0.1) is 113 Å². The van der Waals surface area contributed by atoms with E-state index in [0.717, 1.165) is 79.8 Å². The van der Waals surface area contributed by atoms with Crippen molar-refractivity contribution in [3.63, 3.8) is 0 Å². The summed E-state index contributed by atoms with van der Waals surface area (Å²) in [5, 5.41) is 39.4. The molecule has 0 aliphatic heterocycles. The Morgan fingerprint density at radius 1 is 0.426 bits per heavy atom. The van der Waals surface area contributed by atoms with Gasteiger partial charge >= 0.3 is 92.7 Å². The number of carbonyl (C=O) groups is 1. The summed E-state index contributed by atoms with van der Waals surface area (Å²) >= 11 is -0.286. The van der Waals surface area contributed by atoms with Gasteiger partial charge in [0, 0.05) is 16.2 Å². The van der Waals surface area contributed by atoms with Crippen molar-refractivity contribution in [3.05, 3.63) is 202 Å². The first-order valence-corrected chi connectivity index (χ1v) is 39.4. The minimum absolute atomic E-state index is 0.0159. The quantitative estimate of drug-likeness (QED) is 0.0677. The number of anilines is 1. The standard InChI is InChI=1S/C10H6F3N3O2.2C10H8F3N3.C9H7F3N4.C8H6BrF3.C2H3N3.2CO2.4ClH.Sn/c11-10(12,13)7-3-8(16-14-1-2-15-16)5-9(4-7)18-6-17;2*1-7-4-8(10(11,12)13)6-9(5-7)16-14-2-3-15-16;10-9(11,12)6-3-7(13)5-8(4-6)16-14-1-2-15-16;1-5-2-6(8(10,11)12)4-7(9)3-5;1-2-4-5-3-1;2*2-1-3;;;;;/h1-6H;2*2-6H,1H3;1-5H,13H2;2-4H,1H3;1-2H,(H,3,4,5);;;4*1H;/q;;;;;;;;;;;;+4/p-4. The summed E-state index contributed by atoms with van der Waals surface area (Å²) in [7, 11) is 20.1. The number of hydrogen-bond acceptors (Lipinski definition) is 17. The summed E-state index contributed by atoms with van der Waals surface area (Å²) in [6.07, 6.45) is -7.25. The maximum absolute atomic E-state index is 12.6. The maximum atomic E-state index is 12.6. The molecule has 0 fully saturated rings. The number of halogens is 20. The number of H-pyrrole nitrogens is 1. The van der Waals surface area contributed by atoms with E-state index < -0.39 is 72.6 Å². The van der Waals surface area contributed by atoms with Gasteiger partial charge in [0.25, 0.3) is 6.47 Å². The SMILES string of the molecule is Cc1cc(-n2nccn2)cc(C(F)(F)F)c1.Cc1cc(-n2nccn2)cc(C(F)(F)F)c1.Cc1cc(Br)cc(C(F)(F)F)c1.Nc1cc(-n2nccn2)cc(C(F)(F)F)c1.O=C=O.O=C=O.O=COc1cc(-n2nccn2)cc(C(F)(F)F)c1.[Cl][Sn]([Cl])([Cl])[Cl].c1cn[nH]n1. The van der Waals surface area contributed by atoms with E-state index in [1.807, 2.05) is 0 Å². The second-order valence-corrected chi connectivity index (χ2v) is 43.3. The van der Waals surface area contributed by atoms with Gasteiger partial charge in [0.15, 0.2) is 0 Å². The van der Waals surface area contributed by atoms with E-state index in [9.17, 15) is 70.7 Å². The van der Waals surface area contributed by atoms with E-state index >= 15 is 0 Å². The van der Waals surface area contributed by atoms with Crippen LogP contribution in [0.4, 0.5) is 71.5 Å². The zero-order chi connectivity index (χ0) is 71.3. The van der Waals surface area contributed by atoms with Crippen molar-refractivity contribution >= 4 is 89.9 Å². The van der Waals surface area contributed by atoms with Crippen LogP contribution < -0.4 is 10.5 Å². The van der Waals surface area contributed by atoms with Crippen molar-refractivity contribution in [2.75, 3.05) is 5.73 Å². The Morgan fingerprint density at radius 3 is 0.947 bits per heavy atom. The molecule has 502 valence electrons. The molecule has 22 nitrogen and oxygen atoms in total. The van der Waals surface area contributed by atoms with Crippen LogP contribution in [0, 0.1) is 20.8 Å². The van der Waals surface area contributed by atoms with Gasteiger partial charge in [-0.15, -0.1) is 0 Å². The summed E-state index contributed by atoms with van der Waals surface area (Å²) in [6.45, 7) is 4.88. The number of nitrogen functional groups attached to an aromatic ring is 1. The molecule has 94 heavy (non-hydrogen) atoms. The molecule has 5 aromatic heterocycles. The van der Waals surface area contributed by atoms with Crippen molar-refractivity contribution in [2.24, 2.45) is 0 Å². The van der Waals surface area contributed by atoms with Crippen molar-refractivity contribution in [2.45, 2.75) is 51.7 Å². The number of nitrogens with two attached hydrogens (primary N) is 1. The Balaban J connectivity index is 0.000000379. The molecule has 0 atom stereocenters. The molecule has 43 heteroatoms. The fourth-order valence-corrected chi connectivity index (χ4v) is 7.05. The van der Waals surface area contributed by atoms with Gasteiger partial charge in [-0.25, -0.2) is 0 Å². The zero-order valence-electron chi connectivity index (χ0n) is 46.9. The molecule has 5 heterocycles. The van der Waals surface area contributed by atoms with Gasteiger partial charge in [-0.05, 0) is 122 Å². The first-order valence-electron chi connectivity index (χ1n) is 24.2. The van der Waals surface area contributed by atoms with Crippen LogP contribution in [0.1, 0.15) is 44.5 Å². The number of alkyl halides is 15. The number of aromatic amines is 1. The molecule has 0 radical (unpaired) electrons. The number of hydrogen-bond donors (Lipinski definition) is 2. The molecule has 10 aromatic rings. The second-order valence-electron chi connectivity index (χ2n) is 16.9. The summed E-state index contributed by atoms with van der Waals surface area (Å²) in [4.78, 5) is 47.1. The van der Waals surface area contributed by atoms with Crippen molar-refractivity contribution in [3.8, 4) is 28.5 Å². The van der Waals surface area contributed by atoms with Crippen LogP contribution in [0.2, 0.25) is 0 Å². The first kappa shape index (κ1) is 81.3. The number of benzene rings is 5. The van der Waals surface area contributed by atoms with Crippen molar-refractivity contribution in [1.29, 1.82) is 0 Å². The van der Waals surface area contributed by atoms with Crippen molar-refractivity contribution in [1.82, 2.24) is 75.4 Å². The molecule has 0 spiro atoms. The van der Waals surface area contributed by atoms with Crippen LogP contribution in [0.5, 0.6) is 5.75 Å². The predicted molar refractivity (Wildman–Crippen MR) is 305 cm³/mol. The largest absolute Gasteiger partial charge is 0.198 e. The van der Waals surface area contributed by atoms with E-state index in [1.165, 1.54) is 61.7 Å². The van der Waals surface area contributed by atoms with E-state index in [-0.39, 0.29) is 41.6 Å². The number of nitrogens with zero attached hydrogens (tertiary/aromatic N) is 14. The van der Waals surface area contributed by atoms with Gasteiger partial charge in [-0.2, -0.15) is 160 Å². The van der Waals surface area contributed by atoms with Gasteiger partial charge < -0.3 is 10.5 Å². The van der Waals surface area contributed by atoms with Crippen LogP contribution in [0.25, 0.3) is 22.7 Å². The first-order chi connectivity index (χ1) is 43.6. The number of carbonyl (C=O) groups excluding carboxylic acids is 5. The number of aromatic nitrogens is 15. The summed E-state index contributed by atoms with van der Waals surface area (Å²) in [5.74, 6) is -0.230. The fourth-order valence-electron chi connectivity index (χ4n) is 6.45. The Labute approximate surface area is 544 Å². The molecule has 0 aliphatic rings.